The predicted octanol–water partition coefficient (Wildman–Crippen LogP) is 11.0. The predicted molar refractivity (Wildman–Crippen MR) is 214 cm³/mol. The molecule has 5 aromatic carbocycles. The van der Waals surface area contributed by atoms with Crippen molar-refractivity contribution < 1.29 is 9.84 Å². The zero-order valence-electron chi connectivity index (χ0n) is 29.0. The fourth-order valence-electron chi connectivity index (χ4n) is 6.88. The second-order valence-electron chi connectivity index (χ2n) is 12.9. The number of hydrogen-bond acceptors (Lipinski definition) is 2. The Bertz CT molecular complexity index is 1630. The molecular weight excluding hydrogens is 615 g/mol. The van der Waals surface area contributed by atoms with Crippen LogP contribution in [0.2, 0.25) is 0 Å². The van der Waals surface area contributed by atoms with Gasteiger partial charge in [0, 0.05) is 11.1 Å². The molecule has 0 aromatic heterocycles. The Hall–Kier alpha value is -4.39. The van der Waals surface area contributed by atoms with Crippen LogP contribution in [0.15, 0.2) is 153 Å². The quantitative estimate of drug-likeness (QED) is 0.0508. The number of ether oxygens (including phenoxy) is 1. The van der Waals surface area contributed by atoms with Gasteiger partial charge in [0.25, 0.3) is 0 Å². The van der Waals surface area contributed by atoms with Crippen molar-refractivity contribution in [3.8, 4) is 22.6 Å². The van der Waals surface area contributed by atoms with Crippen molar-refractivity contribution in [3.05, 3.63) is 164 Å². The lowest BCUT2D eigenvalue weighted by Crippen LogP contribution is -2.33. The molecule has 0 saturated carbocycles. The highest BCUT2D eigenvalue weighted by Crippen LogP contribution is 2.56. The first-order valence-corrected chi connectivity index (χ1v) is 20.0. The van der Waals surface area contributed by atoms with E-state index >= 15 is 0 Å². The Labute approximate surface area is 295 Å². The van der Waals surface area contributed by atoms with Crippen molar-refractivity contribution >= 4 is 23.2 Å². The fourth-order valence-corrected chi connectivity index (χ4v) is 11.3. The summed E-state index contributed by atoms with van der Waals surface area (Å²) in [4.78, 5) is 0. The molecule has 0 radical (unpaired) electrons. The molecule has 2 nitrogen and oxygen atoms in total. The molecule has 0 aliphatic rings. The SMILES string of the molecule is C=CCc1ccc(O)c(-c2cc(CC=C)ccc2OCCCCCCCCCC[P+](c2ccccc2)(c2ccccc2)c2ccccc2)c1. The molecule has 0 aliphatic carbocycles. The van der Waals surface area contributed by atoms with E-state index in [1.807, 2.05) is 30.4 Å². The maximum Gasteiger partial charge on any atom is 0.127 e. The molecule has 3 heteroatoms. The van der Waals surface area contributed by atoms with Gasteiger partial charge in [-0.3, -0.25) is 0 Å². The Kier molecular flexibility index (Phi) is 13.9. The minimum Gasteiger partial charge on any atom is -0.507 e. The van der Waals surface area contributed by atoms with Crippen molar-refractivity contribution in [2.45, 2.75) is 64.2 Å². The van der Waals surface area contributed by atoms with Gasteiger partial charge in [-0.05, 0) is 104 Å². The zero-order chi connectivity index (χ0) is 34.2. The van der Waals surface area contributed by atoms with E-state index in [2.05, 4.69) is 116 Å². The molecular formula is C46H52O2P+. The highest BCUT2D eigenvalue weighted by Gasteiger charge is 2.44. The van der Waals surface area contributed by atoms with Gasteiger partial charge in [0.1, 0.15) is 34.7 Å². The zero-order valence-corrected chi connectivity index (χ0v) is 29.9. The van der Waals surface area contributed by atoms with Gasteiger partial charge in [0.05, 0.1) is 12.8 Å². The maximum absolute atomic E-state index is 10.7. The first-order chi connectivity index (χ1) is 24.2. The van der Waals surface area contributed by atoms with Crippen molar-refractivity contribution in [2.24, 2.45) is 0 Å². The summed E-state index contributed by atoms with van der Waals surface area (Å²) in [5, 5.41) is 15.2. The van der Waals surface area contributed by atoms with E-state index in [0.29, 0.717) is 6.61 Å². The van der Waals surface area contributed by atoms with Gasteiger partial charge in [-0.25, -0.2) is 0 Å². The highest BCUT2D eigenvalue weighted by atomic mass is 31.2. The Morgan fingerprint density at radius 2 is 0.959 bits per heavy atom. The Morgan fingerprint density at radius 1 is 0.510 bits per heavy atom. The summed E-state index contributed by atoms with van der Waals surface area (Å²) in [5.41, 5.74) is 4.00. The summed E-state index contributed by atoms with van der Waals surface area (Å²) in [7, 11) is -1.73. The third kappa shape index (κ3) is 9.62. The number of aromatic hydroxyl groups is 1. The van der Waals surface area contributed by atoms with Crippen LogP contribution in [0.25, 0.3) is 11.1 Å². The standard InChI is InChI=1S/C46H51O2P/c1-3-22-38-30-32-45(47)43(36-38)44-37-39(23-4-2)31-33-46(44)48-34-20-9-7-5-6-8-10-21-35-49(40-24-14-11-15-25-40,41-26-16-12-17-27-41)42-28-18-13-19-29-42/h3-4,11-19,24-33,36-37H,1-2,5-10,20-23,34-35H2/p+1. The van der Waals surface area contributed by atoms with Crippen molar-refractivity contribution in [1.29, 1.82) is 0 Å². The summed E-state index contributed by atoms with van der Waals surface area (Å²) in [6, 6.07) is 45.7. The molecule has 0 bridgehead atoms. The molecule has 5 rings (SSSR count). The van der Waals surface area contributed by atoms with Crippen LogP contribution in [0.5, 0.6) is 11.5 Å². The number of phenols is 1. The van der Waals surface area contributed by atoms with E-state index in [-0.39, 0.29) is 5.75 Å². The van der Waals surface area contributed by atoms with Gasteiger partial charge in [-0.2, -0.15) is 0 Å². The van der Waals surface area contributed by atoms with Crippen LogP contribution in [0.3, 0.4) is 0 Å². The monoisotopic (exact) mass is 667 g/mol. The molecule has 49 heavy (non-hydrogen) atoms. The van der Waals surface area contributed by atoms with Crippen LogP contribution < -0.4 is 20.7 Å². The normalized spacial score (nSPS) is 11.3. The molecule has 0 unspecified atom stereocenters. The first kappa shape index (κ1) is 35.9. The molecule has 252 valence electrons. The molecule has 0 saturated heterocycles. The lowest BCUT2D eigenvalue weighted by atomic mass is 9.97. The van der Waals surface area contributed by atoms with E-state index in [1.165, 1.54) is 60.6 Å². The first-order valence-electron chi connectivity index (χ1n) is 18.0. The van der Waals surface area contributed by atoms with E-state index in [4.69, 9.17) is 4.74 Å². The number of phenolic OH excluding ortho intramolecular Hbond substituents is 1. The lowest BCUT2D eigenvalue weighted by Gasteiger charge is -2.27. The third-order valence-corrected chi connectivity index (χ3v) is 13.9. The van der Waals surface area contributed by atoms with Gasteiger partial charge in [-0.15, -0.1) is 13.2 Å². The van der Waals surface area contributed by atoms with Crippen molar-refractivity contribution in [1.82, 2.24) is 0 Å². The van der Waals surface area contributed by atoms with Crippen LogP contribution in [0, 0.1) is 0 Å². The summed E-state index contributed by atoms with van der Waals surface area (Å²) in [5.74, 6) is 1.08. The van der Waals surface area contributed by atoms with Crippen molar-refractivity contribution in [2.75, 3.05) is 12.8 Å². The number of unbranched alkanes of at least 4 members (excludes halogenated alkanes) is 7. The van der Waals surface area contributed by atoms with Gasteiger partial charge < -0.3 is 9.84 Å². The summed E-state index contributed by atoms with van der Waals surface area (Å²) >= 11 is 0. The Balaban J connectivity index is 1.10. The summed E-state index contributed by atoms with van der Waals surface area (Å²) in [6.45, 7) is 8.44. The maximum atomic E-state index is 10.7. The van der Waals surface area contributed by atoms with E-state index in [1.54, 1.807) is 6.07 Å². The van der Waals surface area contributed by atoms with Gasteiger partial charge in [0.15, 0.2) is 0 Å². The molecule has 0 aliphatic heterocycles. The van der Waals surface area contributed by atoms with Gasteiger partial charge in [0.2, 0.25) is 0 Å². The lowest BCUT2D eigenvalue weighted by molar-refractivity contribution is 0.305. The van der Waals surface area contributed by atoms with Crippen molar-refractivity contribution in [3.63, 3.8) is 0 Å². The van der Waals surface area contributed by atoms with Crippen LogP contribution in [0.4, 0.5) is 0 Å². The minimum atomic E-state index is -1.73. The second-order valence-corrected chi connectivity index (χ2v) is 16.5. The second kappa shape index (κ2) is 19.0. The van der Waals surface area contributed by atoms with E-state index in [0.717, 1.165) is 53.7 Å². The third-order valence-electron chi connectivity index (χ3n) is 9.39. The molecule has 0 spiro atoms. The molecule has 0 heterocycles. The number of rotatable bonds is 20. The number of hydrogen-bond donors (Lipinski definition) is 1. The molecule has 0 amide bonds. The number of benzene rings is 5. The van der Waals surface area contributed by atoms with E-state index < -0.39 is 7.26 Å². The number of allylic oxidation sites excluding steroid dienone is 2. The molecule has 1 N–H and O–H groups in total. The van der Waals surface area contributed by atoms with Gasteiger partial charge >= 0.3 is 0 Å². The minimum absolute atomic E-state index is 0.265. The van der Waals surface area contributed by atoms with E-state index in [9.17, 15) is 5.11 Å². The van der Waals surface area contributed by atoms with Crippen LogP contribution in [0.1, 0.15) is 62.5 Å². The molecule has 5 aromatic rings. The van der Waals surface area contributed by atoms with Crippen LogP contribution >= 0.6 is 7.26 Å². The van der Waals surface area contributed by atoms with Crippen LogP contribution in [-0.4, -0.2) is 17.9 Å². The summed E-state index contributed by atoms with van der Waals surface area (Å²) < 4.78 is 6.33. The van der Waals surface area contributed by atoms with Gasteiger partial charge in [-0.1, -0.05) is 111 Å². The summed E-state index contributed by atoms with van der Waals surface area (Å²) in [6.07, 6.45) is 16.3. The smallest absolute Gasteiger partial charge is 0.127 e. The van der Waals surface area contributed by atoms with Crippen LogP contribution in [-0.2, 0) is 12.8 Å². The largest absolute Gasteiger partial charge is 0.507 e. The average molecular weight is 668 g/mol. The highest BCUT2D eigenvalue weighted by molar-refractivity contribution is 7.95. The topological polar surface area (TPSA) is 29.5 Å². The molecule has 0 atom stereocenters. The fraction of sp³-hybridized carbons (Fsp3) is 0.261. The molecule has 0 fully saturated rings. The Morgan fingerprint density at radius 3 is 1.47 bits per heavy atom. The average Bonchev–Trinajstić information content (AvgIpc) is 3.15.